The van der Waals surface area contributed by atoms with Gasteiger partial charge in [-0.25, -0.2) is 9.97 Å². The number of thiophene rings is 1. The van der Waals surface area contributed by atoms with Crippen molar-refractivity contribution in [2.45, 2.75) is 52.4 Å². The second-order valence-electron chi connectivity index (χ2n) is 6.53. The highest BCUT2D eigenvalue weighted by Crippen LogP contribution is 2.33. The van der Waals surface area contributed by atoms with Crippen LogP contribution in [0, 0.1) is 0 Å². The Morgan fingerprint density at radius 3 is 2.12 bits per heavy atom. The molecule has 2 aromatic rings. The van der Waals surface area contributed by atoms with E-state index >= 15 is 0 Å². The van der Waals surface area contributed by atoms with Crippen molar-refractivity contribution in [2.24, 2.45) is 0 Å². The lowest BCUT2D eigenvalue weighted by atomic mass is 9.90. The normalized spacial score (nSPS) is 13.3. The van der Waals surface area contributed by atoms with Crippen LogP contribution < -0.4 is 0 Å². The largest absolute Gasteiger partial charge is 0.235 e. The molecule has 92 valence electrons. The lowest BCUT2D eigenvalue weighted by Crippen LogP contribution is -2.21. The number of nitrogens with zero attached hydrogens (tertiary/aromatic N) is 2. The highest BCUT2D eigenvalue weighted by Gasteiger charge is 2.25. The molecule has 0 radical (unpaired) electrons. The van der Waals surface area contributed by atoms with Crippen LogP contribution in [0.1, 0.15) is 53.1 Å². The average Bonchev–Trinajstić information content (AvgIpc) is 2.59. The Morgan fingerprint density at radius 1 is 0.941 bits per heavy atom. The fourth-order valence-electron chi connectivity index (χ4n) is 1.71. The monoisotopic (exact) mass is 248 g/mol. The second kappa shape index (κ2) is 3.77. The Morgan fingerprint density at radius 2 is 1.59 bits per heavy atom. The SMILES string of the molecule is CC(C)(C)c1nc(C(C)(C)C)c2sccc2n1. The van der Waals surface area contributed by atoms with Crippen molar-refractivity contribution >= 4 is 21.6 Å². The zero-order valence-corrected chi connectivity index (χ0v) is 12.3. The molecule has 0 saturated heterocycles. The number of rotatable bonds is 0. The van der Waals surface area contributed by atoms with Crippen molar-refractivity contribution in [1.82, 2.24) is 9.97 Å². The van der Waals surface area contributed by atoms with Crippen LogP contribution in [0.5, 0.6) is 0 Å². The summed E-state index contributed by atoms with van der Waals surface area (Å²) in [6, 6.07) is 2.09. The zero-order chi connectivity index (χ0) is 12.8. The Bertz CT molecular complexity index is 541. The maximum atomic E-state index is 4.81. The molecule has 0 unspecified atom stereocenters. The number of aromatic nitrogens is 2. The van der Waals surface area contributed by atoms with Gasteiger partial charge in [-0.2, -0.15) is 0 Å². The maximum Gasteiger partial charge on any atom is 0.134 e. The first-order valence-corrected chi connectivity index (χ1v) is 6.84. The fourth-order valence-corrected chi connectivity index (χ4v) is 2.74. The number of hydrogen-bond acceptors (Lipinski definition) is 3. The predicted octanol–water partition coefficient (Wildman–Crippen LogP) is 4.29. The molecule has 0 N–H and O–H groups in total. The number of hydrogen-bond donors (Lipinski definition) is 0. The minimum absolute atomic E-state index is 0.00384. The summed E-state index contributed by atoms with van der Waals surface area (Å²) in [4.78, 5) is 9.49. The van der Waals surface area contributed by atoms with Crippen LogP contribution in [0.15, 0.2) is 11.4 Å². The van der Waals surface area contributed by atoms with Crippen LogP contribution >= 0.6 is 11.3 Å². The van der Waals surface area contributed by atoms with E-state index in [1.54, 1.807) is 11.3 Å². The molecule has 17 heavy (non-hydrogen) atoms. The van der Waals surface area contributed by atoms with Gasteiger partial charge in [0.15, 0.2) is 0 Å². The molecule has 0 aliphatic rings. The highest BCUT2D eigenvalue weighted by molar-refractivity contribution is 7.17. The molecule has 2 heterocycles. The minimum Gasteiger partial charge on any atom is -0.235 e. The summed E-state index contributed by atoms with van der Waals surface area (Å²) in [5, 5.41) is 2.10. The lowest BCUT2D eigenvalue weighted by molar-refractivity contribution is 0.521. The molecule has 0 aromatic carbocycles. The van der Waals surface area contributed by atoms with Crippen LogP contribution in [0.4, 0.5) is 0 Å². The van der Waals surface area contributed by atoms with Gasteiger partial charge < -0.3 is 0 Å². The molecule has 3 heteroatoms. The van der Waals surface area contributed by atoms with E-state index in [4.69, 9.17) is 4.98 Å². The van der Waals surface area contributed by atoms with Crippen LogP contribution in [0.25, 0.3) is 10.2 Å². The molecule has 2 rings (SSSR count). The summed E-state index contributed by atoms with van der Waals surface area (Å²) >= 11 is 1.74. The molecule has 0 aliphatic carbocycles. The van der Waals surface area contributed by atoms with Gasteiger partial charge in [0.05, 0.1) is 15.9 Å². The maximum absolute atomic E-state index is 4.81. The summed E-state index contributed by atoms with van der Waals surface area (Å²) in [5.74, 6) is 0.938. The van der Waals surface area contributed by atoms with Gasteiger partial charge in [0.2, 0.25) is 0 Å². The van der Waals surface area contributed by atoms with E-state index in [0.717, 1.165) is 11.3 Å². The van der Waals surface area contributed by atoms with Crippen molar-refractivity contribution in [3.05, 3.63) is 23.0 Å². The van der Waals surface area contributed by atoms with Gasteiger partial charge in [0, 0.05) is 10.8 Å². The topological polar surface area (TPSA) is 25.8 Å². The van der Waals surface area contributed by atoms with E-state index in [0.29, 0.717) is 0 Å². The molecule has 0 spiro atoms. The van der Waals surface area contributed by atoms with Gasteiger partial charge in [-0.3, -0.25) is 0 Å². The third-order valence-electron chi connectivity index (χ3n) is 2.68. The molecule has 0 fully saturated rings. The fraction of sp³-hybridized carbons (Fsp3) is 0.571. The van der Waals surface area contributed by atoms with Gasteiger partial charge in [0.1, 0.15) is 5.82 Å². The van der Waals surface area contributed by atoms with Crippen LogP contribution in [0.2, 0.25) is 0 Å². The van der Waals surface area contributed by atoms with Gasteiger partial charge in [-0.15, -0.1) is 11.3 Å². The van der Waals surface area contributed by atoms with E-state index in [1.165, 1.54) is 10.4 Å². The molecule has 0 saturated carbocycles. The molecule has 0 amide bonds. The Labute approximate surface area is 107 Å². The van der Waals surface area contributed by atoms with Crippen molar-refractivity contribution in [3.8, 4) is 0 Å². The first-order chi connectivity index (χ1) is 7.69. The van der Waals surface area contributed by atoms with Crippen LogP contribution in [-0.4, -0.2) is 9.97 Å². The second-order valence-corrected chi connectivity index (χ2v) is 7.45. The molecular formula is C14H20N2S. The number of fused-ring (bicyclic) bond motifs is 1. The summed E-state index contributed by atoms with van der Waals surface area (Å²) in [5.41, 5.74) is 2.31. The molecule has 0 aliphatic heterocycles. The van der Waals surface area contributed by atoms with Gasteiger partial charge in [-0.1, -0.05) is 41.5 Å². The zero-order valence-electron chi connectivity index (χ0n) is 11.5. The van der Waals surface area contributed by atoms with E-state index < -0.39 is 0 Å². The first-order valence-electron chi connectivity index (χ1n) is 5.96. The quantitative estimate of drug-likeness (QED) is 0.695. The standard InChI is InChI=1S/C14H20N2S/c1-13(2,3)11-10-9(7-8-17-10)15-12(16-11)14(4,5)6/h7-8H,1-6H3. The predicted molar refractivity (Wildman–Crippen MR) is 74.8 cm³/mol. The van der Waals surface area contributed by atoms with Crippen molar-refractivity contribution in [3.63, 3.8) is 0 Å². The van der Waals surface area contributed by atoms with Gasteiger partial charge >= 0.3 is 0 Å². The van der Waals surface area contributed by atoms with Crippen molar-refractivity contribution in [2.75, 3.05) is 0 Å². The van der Waals surface area contributed by atoms with E-state index in [2.05, 4.69) is 58.0 Å². The molecule has 2 aromatic heterocycles. The van der Waals surface area contributed by atoms with Crippen molar-refractivity contribution in [1.29, 1.82) is 0 Å². The minimum atomic E-state index is -0.00384. The Hall–Kier alpha value is -0.960. The van der Waals surface area contributed by atoms with Crippen LogP contribution in [-0.2, 0) is 10.8 Å². The molecule has 0 bridgehead atoms. The average molecular weight is 248 g/mol. The Kier molecular flexibility index (Phi) is 2.77. The van der Waals surface area contributed by atoms with Gasteiger partial charge in [0.25, 0.3) is 0 Å². The van der Waals surface area contributed by atoms with Crippen LogP contribution in [0.3, 0.4) is 0 Å². The Balaban J connectivity index is 2.76. The first kappa shape index (κ1) is 12.5. The summed E-state index contributed by atoms with van der Waals surface area (Å²) in [7, 11) is 0. The summed E-state index contributed by atoms with van der Waals surface area (Å²) in [6.07, 6.45) is 0. The molecular weight excluding hydrogens is 228 g/mol. The summed E-state index contributed by atoms with van der Waals surface area (Å²) in [6.45, 7) is 13.1. The molecule has 0 atom stereocenters. The summed E-state index contributed by atoms with van der Waals surface area (Å²) < 4.78 is 1.23. The lowest BCUT2D eigenvalue weighted by Gasteiger charge is -2.23. The smallest absolute Gasteiger partial charge is 0.134 e. The van der Waals surface area contributed by atoms with E-state index in [9.17, 15) is 0 Å². The molecule has 2 nitrogen and oxygen atoms in total. The third kappa shape index (κ3) is 2.34. The van der Waals surface area contributed by atoms with E-state index in [-0.39, 0.29) is 10.8 Å². The van der Waals surface area contributed by atoms with Crippen molar-refractivity contribution < 1.29 is 0 Å². The highest BCUT2D eigenvalue weighted by atomic mass is 32.1. The third-order valence-corrected chi connectivity index (χ3v) is 3.60. The van der Waals surface area contributed by atoms with Gasteiger partial charge in [-0.05, 0) is 11.4 Å². The van der Waals surface area contributed by atoms with E-state index in [1.807, 2.05) is 0 Å².